The first-order chi connectivity index (χ1) is 14.8. The average molecular weight is 416 g/mol. The first-order valence-electron chi connectivity index (χ1n) is 9.67. The minimum atomic E-state index is -0.474. The fourth-order valence-corrected chi connectivity index (χ4v) is 3.56. The molecule has 9 nitrogen and oxygen atoms in total. The summed E-state index contributed by atoms with van der Waals surface area (Å²) in [5, 5.41) is 18.2. The lowest BCUT2D eigenvalue weighted by atomic mass is 10.00. The summed E-state index contributed by atoms with van der Waals surface area (Å²) in [6.45, 7) is 5.94. The van der Waals surface area contributed by atoms with Crippen molar-refractivity contribution in [2.24, 2.45) is 0 Å². The number of fused-ring (bicyclic) bond motifs is 1. The number of amides is 1. The molecule has 1 atom stereocenters. The van der Waals surface area contributed by atoms with Crippen LogP contribution in [-0.4, -0.2) is 30.4 Å². The summed E-state index contributed by atoms with van der Waals surface area (Å²) in [4.78, 5) is 32.3. The Bertz CT molecular complexity index is 1310. The fraction of sp³-hybridized carbons (Fsp3) is 0.182. The van der Waals surface area contributed by atoms with Gasteiger partial charge in [-0.15, -0.1) is 0 Å². The molecule has 0 saturated carbocycles. The van der Waals surface area contributed by atoms with Crippen molar-refractivity contribution in [3.8, 4) is 11.3 Å². The highest BCUT2D eigenvalue weighted by Crippen LogP contribution is 2.24. The Morgan fingerprint density at radius 3 is 2.71 bits per heavy atom. The highest BCUT2D eigenvalue weighted by Gasteiger charge is 2.19. The molecule has 0 aliphatic rings. The number of hydrogen-bond donors (Lipinski definition) is 1. The van der Waals surface area contributed by atoms with Crippen molar-refractivity contribution >= 4 is 17.4 Å². The van der Waals surface area contributed by atoms with Crippen LogP contribution in [0.3, 0.4) is 0 Å². The Morgan fingerprint density at radius 1 is 1.16 bits per heavy atom. The predicted octanol–water partition coefficient (Wildman–Crippen LogP) is 3.81. The zero-order valence-electron chi connectivity index (χ0n) is 17.2. The van der Waals surface area contributed by atoms with E-state index in [1.54, 1.807) is 18.2 Å². The Labute approximate surface area is 177 Å². The number of non-ortho nitro benzene ring substituents is 1. The molecule has 1 amide bonds. The average Bonchev–Trinajstić information content (AvgIpc) is 3.21. The molecule has 2 aromatic carbocycles. The van der Waals surface area contributed by atoms with E-state index in [9.17, 15) is 14.9 Å². The quantitative estimate of drug-likeness (QED) is 0.391. The van der Waals surface area contributed by atoms with E-state index in [-0.39, 0.29) is 29.1 Å². The molecule has 9 heteroatoms. The Morgan fingerprint density at radius 2 is 1.97 bits per heavy atom. The number of nitro groups is 1. The maximum atomic E-state index is 13.1. The van der Waals surface area contributed by atoms with Crippen LogP contribution >= 0.6 is 0 Å². The van der Waals surface area contributed by atoms with Crippen LogP contribution in [-0.2, 0) is 0 Å². The summed E-state index contributed by atoms with van der Waals surface area (Å²) in [5.41, 5.74) is 4.34. The van der Waals surface area contributed by atoms with E-state index in [2.05, 4.69) is 26.4 Å². The predicted molar refractivity (Wildman–Crippen MR) is 115 cm³/mol. The number of rotatable bonds is 5. The second kappa shape index (κ2) is 7.94. The van der Waals surface area contributed by atoms with Crippen LogP contribution in [0, 0.1) is 24.0 Å². The third kappa shape index (κ3) is 3.97. The van der Waals surface area contributed by atoms with Crippen LogP contribution in [0.15, 0.2) is 54.9 Å². The molecule has 0 aliphatic carbocycles. The van der Waals surface area contributed by atoms with Gasteiger partial charge in [0, 0.05) is 17.7 Å². The number of aromatic nitrogens is 4. The Balaban J connectivity index is 1.71. The maximum Gasteiger partial charge on any atom is 0.270 e. The largest absolute Gasteiger partial charge is 0.344 e. The lowest BCUT2D eigenvalue weighted by Gasteiger charge is -2.17. The Hall–Kier alpha value is -4.14. The van der Waals surface area contributed by atoms with Crippen LogP contribution in [0.2, 0.25) is 0 Å². The second-order valence-electron chi connectivity index (χ2n) is 7.36. The lowest BCUT2D eigenvalue weighted by molar-refractivity contribution is -0.384. The molecular formula is C22H20N6O3. The van der Waals surface area contributed by atoms with Crippen LogP contribution in [0.25, 0.3) is 17.0 Å². The molecule has 0 saturated heterocycles. The van der Waals surface area contributed by atoms with Gasteiger partial charge in [-0.2, -0.15) is 14.6 Å². The highest BCUT2D eigenvalue weighted by molar-refractivity contribution is 5.94. The summed E-state index contributed by atoms with van der Waals surface area (Å²) in [6.07, 6.45) is 1.31. The number of nitrogens with zero attached hydrogens (tertiary/aromatic N) is 5. The van der Waals surface area contributed by atoms with Crippen molar-refractivity contribution in [2.45, 2.75) is 26.8 Å². The second-order valence-corrected chi connectivity index (χ2v) is 7.36. The molecule has 1 N–H and O–H groups in total. The van der Waals surface area contributed by atoms with Crippen LogP contribution < -0.4 is 5.32 Å². The normalized spacial score (nSPS) is 12.0. The third-order valence-electron chi connectivity index (χ3n) is 5.08. The molecule has 4 aromatic rings. The molecule has 2 heterocycles. The van der Waals surface area contributed by atoms with Gasteiger partial charge >= 0.3 is 0 Å². The van der Waals surface area contributed by atoms with Gasteiger partial charge in [-0.05, 0) is 38.0 Å². The van der Waals surface area contributed by atoms with Crippen LogP contribution in [0.5, 0.6) is 0 Å². The topological polar surface area (TPSA) is 115 Å². The van der Waals surface area contributed by atoms with Gasteiger partial charge in [0.15, 0.2) is 0 Å². The maximum absolute atomic E-state index is 13.1. The molecule has 0 spiro atoms. The van der Waals surface area contributed by atoms with Crippen molar-refractivity contribution in [1.82, 2.24) is 24.9 Å². The van der Waals surface area contributed by atoms with Crippen molar-refractivity contribution in [3.05, 3.63) is 87.4 Å². The molecule has 0 aliphatic heterocycles. The minimum Gasteiger partial charge on any atom is -0.344 e. The number of nitro benzene ring substituents is 1. The zero-order valence-corrected chi connectivity index (χ0v) is 17.2. The molecule has 156 valence electrons. The van der Waals surface area contributed by atoms with E-state index < -0.39 is 4.92 Å². The lowest BCUT2D eigenvalue weighted by Crippen LogP contribution is -2.29. The molecule has 0 radical (unpaired) electrons. The number of carbonyl (C=O) groups excluding carboxylic acids is 1. The molecule has 2 aromatic heterocycles. The molecule has 31 heavy (non-hydrogen) atoms. The fourth-order valence-electron chi connectivity index (χ4n) is 3.56. The molecule has 0 fully saturated rings. The van der Waals surface area contributed by atoms with Gasteiger partial charge < -0.3 is 5.32 Å². The van der Waals surface area contributed by atoms with E-state index in [1.807, 2.05) is 32.9 Å². The van der Waals surface area contributed by atoms with Gasteiger partial charge in [0.25, 0.3) is 17.4 Å². The summed E-state index contributed by atoms with van der Waals surface area (Å²) < 4.78 is 1.35. The van der Waals surface area contributed by atoms with Crippen molar-refractivity contribution in [3.63, 3.8) is 0 Å². The van der Waals surface area contributed by atoms with Crippen molar-refractivity contribution in [1.29, 1.82) is 0 Å². The molecular weight excluding hydrogens is 396 g/mol. The first-order valence-corrected chi connectivity index (χ1v) is 9.67. The van der Waals surface area contributed by atoms with E-state index in [0.29, 0.717) is 11.3 Å². The summed E-state index contributed by atoms with van der Waals surface area (Å²) in [5.74, 6) is -0.120. The van der Waals surface area contributed by atoms with Crippen LogP contribution in [0.4, 0.5) is 5.69 Å². The number of aryl methyl sites for hydroxylation is 2. The summed E-state index contributed by atoms with van der Waals surface area (Å²) in [7, 11) is 0. The number of benzene rings is 2. The summed E-state index contributed by atoms with van der Waals surface area (Å²) in [6, 6.07) is 13.5. The summed E-state index contributed by atoms with van der Waals surface area (Å²) >= 11 is 0. The van der Waals surface area contributed by atoms with E-state index in [4.69, 9.17) is 0 Å². The molecule has 0 bridgehead atoms. The number of nitrogens with one attached hydrogen (secondary N) is 1. The van der Waals surface area contributed by atoms with Gasteiger partial charge in [-0.3, -0.25) is 14.9 Å². The van der Waals surface area contributed by atoms with Gasteiger partial charge in [0.2, 0.25) is 0 Å². The number of hydrogen-bond acceptors (Lipinski definition) is 6. The van der Waals surface area contributed by atoms with Crippen LogP contribution in [0.1, 0.15) is 40.1 Å². The minimum absolute atomic E-state index is 0.0601. The molecule has 4 rings (SSSR count). The smallest absolute Gasteiger partial charge is 0.270 e. The zero-order chi connectivity index (χ0) is 22.1. The standard InChI is InChI=1S/C22H20N6O3/c1-13-7-8-18(14(2)9-13)15(3)25-21(29)20-11-19(26-22-23-12-24-27(20)22)16-5-4-6-17(10-16)28(30)31/h4-12,15H,1-3H3,(H,25,29)/t15-/m1/s1. The number of carbonyl (C=O) groups is 1. The molecule has 0 unspecified atom stereocenters. The van der Waals surface area contributed by atoms with Gasteiger partial charge in [0.05, 0.1) is 16.7 Å². The highest BCUT2D eigenvalue weighted by atomic mass is 16.6. The van der Waals surface area contributed by atoms with Gasteiger partial charge in [0.1, 0.15) is 12.0 Å². The SMILES string of the molecule is Cc1ccc([C@@H](C)NC(=O)c2cc(-c3cccc([N+](=O)[O-])c3)nc3ncnn23)c(C)c1. The third-order valence-corrected chi connectivity index (χ3v) is 5.08. The van der Waals surface area contributed by atoms with Gasteiger partial charge in [-0.1, -0.05) is 35.9 Å². The first kappa shape index (κ1) is 20.1. The Kier molecular flexibility index (Phi) is 5.16. The van der Waals surface area contributed by atoms with Gasteiger partial charge in [-0.25, -0.2) is 4.98 Å². The van der Waals surface area contributed by atoms with E-state index in [1.165, 1.54) is 23.0 Å². The van der Waals surface area contributed by atoms with Crippen molar-refractivity contribution in [2.75, 3.05) is 0 Å². The van der Waals surface area contributed by atoms with E-state index in [0.717, 1.165) is 16.7 Å². The van der Waals surface area contributed by atoms with Crippen molar-refractivity contribution < 1.29 is 9.72 Å². The van der Waals surface area contributed by atoms with E-state index >= 15 is 0 Å². The monoisotopic (exact) mass is 416 g/mol.